The van der Waals surface area contributed by atoms with Gasteiger partial charge in [-0.2, -0.15) is 5.26 Å². The van der Waals surface area contributed by atoms with E-state index in [1.54, 1.807) is 46.2 Å². The van der Waals surface area contributed by atoms with Crippen LogP contribution in [0, 0.1) is 11.3 Å². The largest absolute Gasteiger partial charge is 0.355 e. The summed E-state index contributed by atoms with van der Waals surface area (Å²) in [6, 6.07) is 22.1. The van der Waals surface area contributed by atoms with Crippen LogP contribution in [0.5, 0.6) is 0 Å². The Kier molecular flexibility index (Phi) is 5.12. The third kappa shape index (κ3) is 3.77. The number of fused-ring (bicyclic) bond motifs is 1. The third-order valence-electron chi connectivity index (χ3n) is 4.67. The lowest BCUT2D eigenvalue weighted by molar-refractivity contribution is 0.427. The maximum atomic E-state index is 13.3. The van der Waals surface area contributed by atoms with Crippen molar-refractivity contribution in [1.29, 1.82) is 5.26 Å². The Hall–Kier alpha value is -3.67. The smallest absolute Gasteiger partial charge is 0.266 e. The van der Waals surface area contributed by atoms with E-state index in [2.05, 4.69) is 11.2 Å². The van der Waals surface area contributed by atoms with Gasteiger partial charge in [0.2, 0.25) is 0 Å². The van der Waals surface area contributed by atoms with Gasteiger partial charge in [0.1, 0.15) is 0 Å². The highest BCUT2D eigenvalue weighted by atomic mass is 32.2. The predicted molar refractivity (Wildman–Crippen MR) is 121 cm³/mol. The fourth-order valence-electron chi connectivity index (χ4n) is 3.18. The van der Waals surface area contributed by atoms with Crippen molar-refractivity contribution >= 4 is 34.0 Å². The molecule has 0 radical (unpaired) electrons. The van der Waals surface area contributed by atoms with Gasteiger partial charge in [0.25, 0.3) is 5.56 Å². The second-order valence-corrected chi connectivity index (χ2v) is 8.55. The zero-order valence-electron chi connectivity index (χ0n) is 16.1. The number of thioether (sulfide) groups is 1. The van der Waals surface area contributed by atoms with E-state index in [0.29, 0.717) is 33.1 Å². The Morgan fingerprint density at radius 1 is 1.10 bits per heavy atom. The summed E-state index contributed by atoms with van der Waals surface area (Å²) in [5.41, 5.74) is 2.44. The number of thiophene rings is 1. The highest BCUT2D eigenvalue weighted by Gasteiger charge is 2.15. The first-order valence-electron chi connectivity index (χ1n) is 9.37. The van der Waals surface area contributed by atoms with E-state index in [1.807, 2.05) is 41.8 Å². The first kappa shape index (κ1) is 19.3. The van der Waals surface area contributed by atoms with Gasteiger partial charge in [0.15, 0.2) is 10.9 Å². The van der Waals surface area contributed by atoms with Crippen LogP contribution in [0.15, 0.2) is 86.6 Å². The molecular formula is C23H14N4O2S2. The summed E-state index contributed by atoms with van der Waals surface area (Å²) in [5.74, 6) is 1.22. The summed E-state index contributed by atoms with van der Waals surface area (Å²) in [6.45, 7) is 0. The molecule has 5 rings (SSSR count). The Morgan fingerprint density at radius 2 is 1.94 bits per heavy atom. The van der Waals surface area contributed by atoms with Gasteiger partial charge >= 0.3 is 0 Å². The molecule has 150 valence electrons. The Labute approximate surface area is 185 Å². The van der Waals surface area contributed by atoms with E-state index in [-0.39, 0.29) is 5.56 Å². The summed E-state index contributed by atoms with van der Waals surface area (Å²) in [5, 5.41) is 16.3. The van der Waals surface area contributed by atoms with E-state index >= 15 is 0 Å². The second kappa shape index (κ2) is 8.22. The summed E-state index contributed by atoms with van der Waals surface area (Å²) in [7, 11) is 0. The maximum Gasteiger partial charge on any atom is 0.266 e. The van der Waals surface area contributed by atoms with E-state index in [1.165, 1.54) is 11.8 Å². The molecule has 0 saturated heterocycles. The second-order valence-electron chi connectivity index (χ2n) is 6.66. The standard InChI is InChI=1S/C23H14N4O2S2/c24-13-15-7-9-17(10-8-15)27-22(28)18-4-1-2-5-19(18)25-23(27)31-14-16-12-20(29-26-16)21-6-3-11-30-21/h1-12H,14H2. The molecule has 0 N–H and O–H groups in total. The number of nitriles is 1. The number of para-hydroxylation sites is 1. The summed E-state index contributed by atoms with van der Waals surface area (Å²) in [4.78, 5) is 19.0. The highest BCUT2D eigenvalue weighted by molar-refractivity contribution is 7.98. The van der Waals surface area contributed by atoms with Gasteiger partial charge in [-0.05, 0) is 47.8 Å². The van der Waals surface area contributed by atoms with Crippen LogP contribution < -0.4 is 5.56 Å². The average molecular weight is 443 g/mol. The summed E-state index contributed by atoms with van der Waals surface area (Å²) >= 11 is 3.00. The van der Waals surface area contributed by atoms with Gasteiger partial charge in [-0.3, -0.25) is 9.36 Å². The van der Waals surface area contributed by atoms with Crippen LogP contribution in [0.2, 0.25) is 0 Å². The number of benzene rings is 2. The molecule has 0 amide bonds. The lowest BCUT2D eigenvalue weighted by Crippen LogP contribution is -2.21. The third-order valence-corrected chi connectivity index (χ3v) is 6.53. The molecule has 0 fully saturated rings. The molecule has 0 bridgehead atoms. The van der Waals surface area contributed by atoms with Gasteiger partial charge in [-0.15, -0.1) is 11.3 Å². The molecule has 0 saturated carbocycles. The van der Waals surface area contributed by atoms with E-state index in [9.17, 15) is 4.79 Å². The molecule has 0 unspecified atom stereocenters. The van der Waals surface area contributed by atoms with Crippen molar-refractivity contribution in [2.24, 2.45) is 0 Å². The van der Waals surface area contributed by atoms with Crippen molar-refractivity contribution in [2.45, 2.75) is 10.9 Å². The molecule has 5 aromatic rings. The van der Waals surface area contributed by atoms with Crippen LogP contribution in [-0.2, 0) is 5.75 Å². The van der Waals surface area contributed by atoms with Crippen LogP contribution in [0.1, 0.15) is 11.3 Å². The number of hydrogen-bond donors (Lipinski definition) is 0. The molecule has 3 heterocycles. The molecule has 0 aliphatic carbocycles. The van der Waals surface area contributed by atoms with E-state index < -0.39 is 0 Å². The normalized spacial score (nSPS) is 10.9. The van der Waals surface area contributed by atoms with Crippen molar-refractivity contribution in [2.75, 3.05) is 0 Å². The minimum atomic E-state index is -0.155. The first-order valence-corrected chi connectivity index (χ1v) is 11.2. The topological polar surface area (TPSA) is 84.7 Å². The molecular weight excluding hydrogens is 428 g/mol. The molecule has 0 spiro atoms. The van der Waals surface area contributed by atoms with Crippen LogP contribution in [-0.4, -0.2) is 14.7 Å². The Bertz CT molecular complexity index is 1460. The van der Waals surface area contributed by atoms with Gasteiger partial charge in [0.05, 0.1) is 38.8 Å². The predicted octanol–water partition coefficient (Wildman–Crippen LogP) is 5.27. The van der Waals surface area contributed by atoms with Gasteiger partial charge in [-0.25, -0.2) is 4.98 Å². The van der Waals surface area contributed by atoms with E-state index in [0.717, 1.165) is 16.3 Å². The number of rotatable bonds is 5. The summed E-state index contributed by atoms with van der Waals surface area (Å²) in [6.07, 6.45) is 0. The fourth-order valence-corrected chi connectivity index (χ4v) is 4.74. The minimum absolute atomic E-state index is 0.155. The zero-order chi connectivity index (χ0) is 21.2. The molecule has 2 aromatic carbocycles. The highest BCUT2D eigenvalue weighted by Crippen LogP contribution is 2.29. The Morgan fingerprint density at radius 3 is 2.71 bits per heavy atom. The first-order chi connectivity index (χ1) is 15.2. The number of aromatic nitrogens is 3. The van der Waals surface area contributed by atoms with Gasteiger partial charge in [0, 0.05) is 11.8 Å². The Balaban J connectivity index is 1.54. The fraction of sp³-hybridized carbons (Fsp3) is 0.0435. The van der Waals surface area contributed by atoms with Gasteiger partial charge < -0.3 is 4.52 Å². The van der Waals surface area contributed by atoms with Crippen molar-refractivity contribution in [3.8, 4) is 22.4 Å². The van der Waals surface area contributed by atoms with Crippen molar-refractivity contribution in [3.05, 3.63) is 93.7 Å². The van der Waals surface area contributed by atoms with Crippen LogP contribution in [0.4, 0.5) is 0 Å². The maximum absolute atomic E-state index is 13.3. The lowest BCUT2D eigenvalue weighted by atomic mass is 10.2. The molecule has 8 heteroatoms. The molecule has 0 aliphatic rings. The summed E-state index contributed by atoms with van der Waals surface area (Å²) < 4.78 is 7.04. The number of nitrogens with zero attached hydrogens (tertiary/aromatic N) is 4. The average Bonchev–Trinajstić information content (AvgIpc) is 3.50. The molecule has 0 aliphatic heterocycles. The molecule has 0 atom stereocenters. The molecule has 3 aromatic heterocycles. The minimum Gasteiger partial charge on any atom is -0.355 e. The van der Waals surface area contributed by atoms with E-state index in [4.69, 9.17) is 14.8 Å². The number of hydrogen-bond acceptors (Lipinski definition) is 7. The molecule has 6 nitrogen and oxygen atoms in total. The van der Waals surface area contributed by atoms with Crippen molar-refractivity contribution < 1.29 is 4.52 Å². The molecule has 31 heavy (non-hydrogen) atoms. The zero-order valence-corrected chi connectivity index (χ0v) is 17.7. The quantitative estimate of drug-likeness (QED) is 0.272. The lowest BCUT2D eigenvalue weighted by Gasteiger charge is -2.12. The van der Waals surface area contributed by atoms with Crippen LogP contribution in [0.3, 0.4) is 0 Å². The van der Waals surface area contributed by atoms with Crippen LogP contribution >= 0.6 is 23.1 Å². The monoisotopic (exact) mass is 442 g/mol. The van der Waals surface area contributed by atoms with Crippen LogP contribution in [0.25, 0.3) is 27.2 Å². The SMILES string of the molecule is N#Cc1ccc(-n2c(SCc3cc(-c4cccs4)on3)nc3ccccc3c2=O)cc1. The van der Waals surface area contributed by atoms with Crippen molar-refractivity contribution in [1.82, 2.24) is 14.7 Å². The van der Waals surface area contributed by atoms with Crippen molar-refractivity contribution in [3.63, 3.8) is 0 Å². The van der Waals surface area contributed by atoms with Gasteiger partial charge in [-0.1, -0.05) is 35.1 Å².